The summed E-state index contributed by atoms with van der Waals surface area (Å²) in [5.41, 5.74) is 2.38. The highest BCUT2D eigenvalue weighted by Crippen LogP contribution is 2.36. The van der Waals surface area contributed by atoms with E-state index in [9.17, 15) is 14.4 Å². The molecule has 2 aliphatic heterocycles. The van der Waals surface area contributed by atoms with Crippen LogP contribution in [0.15, 0.2) is 83.7 Å². The van der Waals surface area contributed by atoms with Gasteiger partial charge in [-0.25, -0.2) is 4.79 Å². The molecule has 2 N–H and O–H groups in total. The van der Waals surface area contributed by atoms with Gasteiger partial charge in [-0.3, -0.25) is 9.59 Å². The number of hydrogen-bond acceptors (Lipinski definition) is 4. The Kier molecular flexibility index (Phi) is 5.89. The molecule has 0 saturated carbocycles. The van der Waals surface area contributed by atoms with Crippen molar-refractivity contribution in [3.05, 3.63) is 106 Å². The maximum Gasteiger partial charge on any atom is 0.323 e. The van der Waals surface area contributed by atoms with Crippen LogP contribution < -0.4 is 16.2 Å². The number of piperidine rings is 1. The molecule has 2 atom stereocenters. The number of likely N-dealkylation sites (tertiary alicyclic amines) is 1. The molecule has 2 aliphatic rings. The fourth-order valence-electron chi connectivity index (χ4n) is 5.66. The van der Waals surface area contributed by atoms with Gasteiger partial charge in [0.25, 0.3) is 11.5 Å². The van der Waals surface area contributed by atoms with Crippen molar-refractivity contribution in [3.63, 3.8) is 0 Å². The van der Waals surface area contributed by atoms with Gasteiger partial charge in [-0.15, -0.1) is 0 Å². The Labute approximate surface area is 219 Å². The number of carbonyl (C=O) groups excluding carboxylic acids is 2. The van der Waals surface area contributed by atoms with E-state index in [4.69, 9.17) is 5.26 Å². The molecule has 0 spiro atoms. The van der Waals surface area contributed by atoms with Gasteiger partial charge in [-0.2, -0.15) is 5.26 Å². The van der Waals surface area contributed by atoms with Crippen LogP contribution in [0.5, 0.6) is 0 Å². The zero-order valence-corrected chi connectivity index (χ0v) is 20.6. The van der Waals surface area contributed by atoms with E-state index in [0.29, 0.717) is 36.4 Å². The van der Waals surface area contributed by atoms with E-state index in [-0.39, 0.29) is 29.0 Å². The number of nitrogens with zero attached hydrogens (tertiary/aromatic N) is 3. The van der Waals surface area contributed by atoms with E-state index in [1.165, 1.54) is 0 Å². The smallest absolute Gasteiger partial charge is 0.323 e. The molecule has 3 aromatic carbocycles. The SMILES string of the molecule is N#Cc1cccc(NC(=O)Nc2ccc3n(c2=O)C[C@H]2C[C@@H]3CN(C(=O)c3ccc4ccccc4c3)C2)c1. The van der Waals surface area contributed by atoms with Crippen LogP contribution in [0.1, 0.15) is 34.0 Å². The number of fused-ring (bicyclic) bond motifs is 5. The van der Waals surface area contributed by atoms with Crippen LogP contribution in [0.4, 0.5) is 16.2 Å². The lowest BCUT2D eigenvalue weighted by molar-refractivity contribution is 0.0595. The monoisotopic (exact) mass is 503 g/mol. The fourth-order valence-corrected chi connectivity index (χ4v) is 5.66. The molecule has 38 heavy (non-hydrogen) atoms. The van der Waals surface area contributed by atoms with Gasteiger partial charge in [0.2, 0.25) is 0 Å². The molecule has 2 bridgehead atoms. The van der Waals surface area contributed by atoms with Crippen LogP contribution in [0.2, 0.25) is 0 Å². The minimum absolute atomic E-state index is 0.0108. The predicted molar refractivity (Wildman–Crippen MR) is 145 cm³/mol. The molecule has 8 heteroatoms. The molecule has 0 unspecified atom stereocenters. The van der Waals surface area contributed by atoms with Gasteiger partial charge in [0.1, 0.15) is 5.69 Å². The van der Waals surface area contributed by atoms with Crippen LogP contribution in [0.25, 0.3) is 10.8 Å². The van der Waals surface area contributed by atoms with Gasteiger partial charge in [-0.05, 0) is 65.6 Å². The summed E-state index contributed by atoms with van der Waals surface area (Å²) in [6.45, 7) is 1.62. The summed E-state index contributed by atoms with van der Waals surface area (Å²) in [4.78, 5) is 41.1. The molecule has 1 saturated heterocycles. The minimum atomic E-state index is -0.555. The van der Waals surface area contributed by atoms with E-state index in [1.54, 1.807) is 34.9 Å². The number of benzene rings is 3. The first kappa shape index (κ1) is 23.5. The van der Waals surface area contributed by atoms with E-state index in [0.717, 1.165) is 22.9 Å². The molecule has 1 fully saturated rings. The molecular weight excluding hydrogens is 478 g/mol. The van der Waals surface area contributed by atoms with Gasteiger partial charge in [0.15, 0.2) is 0 Å². The van der Waals surface area contributed by atoms with E-state index in [2.05, 4.69) is 10.6 Å². The highest BCUT2D eigenvalue weighted by Gasteiger charge is 2.37. The molecule has 1 aromatic heterocycles. The van der Waals surface area contributed by atoms with E-state index in [1.807, 2.05) is 59.5 Å². The number of anilines is 2. The maximum absolute atomic E-state index is 13.4. The van der Waals surface area contributed by atoms with Crippen LogP contribution in [-0.4, -0.2) is 34.5 Å². The van der Waals surface area contributed by atoms with Gasteiger partial charge in [-0.1, -0.05) is 36.4 Å². The summed E-state index contributed by atoms with van der Waals surface area (Å²) in [7, 11) is 0. The summed E-state index contributed by atoms with van der Waals surface area (Å²) >= 11 is 0. The van der Waals surface area contributed by atoms with Crippen molar-refractivity contribution in [1.29, 1.82) is 5.26 Å². The lowest BCUT2D eigenvalue weighted by Gasteiger charge is -2.43. The molecule has 6 rings (SSSR count). The number of aromatic nitrogens is 1. The fraction of sp³-hybridized carbons (Fsp3) is 0.200. The second kappa shape index (κ2) is 9.52. The molecule has 3 heterocycles. The van der Waals surface area contributed by atoms with E-state index >= 15 is 0 Å². The van der Waals surface area contributed by atoms with Crippen molar-refractivity contribution in [3.8, 4) is 6.07 Å². The van der Waals surface area contributed by atoms with Crippen LogP contribution in [0, 0.1) is 17.2 Å². The highest BCUT2D eigenvalue weighted by atomic mass is 16.2. The van der Waals surface area contributed by atoms with Gasteiger partial charge < -0.3 is 20.1 Å². The van der Waals surface area contributed by atoms with Crippen molar-refractivity contribution in [1.82, 2.24) is 9.47 Å². The largest absolute Gasteiger partial charge is 0.338 e. The lowest BCUT2D eigenvalue weighted by atomic mass is 9.83. The van der Waals surface area contributed by atoms with E-state index < -0.39 is 6.03 Å². The van der Waals surface area contributed by atoms with Crippen molar-refractivity contribution >= 4 is 34.1 Å². The molecular formula is C30H25N5O3. The molecule has 3 amide bonds. The third-order valence-corrected chi connectivity index (χ3v) is 7.39. The van der Waals surface area contributed by atoms with Crippen molar-refractivity contribution in [2.75, 3.05) is 23.7 Å². The topological polar surface area (TPSA) is 107 Å². The van der Waals surface area contributed by atoms with Crippen molar-refractivity contribution in [2.24, 2.45) is 5.92 Å². The first-order valence-electron chi connectivity index (χ1n) is 12.6. The Morgan fingerprint density at radius 2 is 1.71 bits per heavy atom. The maximum atomic E-state index is 13.4. The Hall–Kier alpha value is -4.90. The lowest BCUT2D eigenvalue weighted by Crippen LogP contribution is -2.49. The van der Waals surface area contributed by atoms with Gasteiger partial charge in [0.05, 0.1) is 11.6 Å². The molecule has 0 radical (unpaired) electrons. The zero-order valence-electron chi connectivity index (χ0n) is 20.6. The Morgan fingerprint density at radius 3 is 2.55 bits per heavy atom. The van der Waals surface area contributed by atoms with Crippen molar-refractivity contribution in [2.45, 2.75) is 18.9 Å². The second-order valence-electron chi connectivity index (χ2n) is 9.93. The Morgan fingerprint density at radius 1 is 0.868 bits per heavy atom. The van der Waals surface area contributed by atoms with Gasteiger partial charge >= 0.3 is 6.03 Å². The van der Waals surface area contributed by atoms with Crippen LogP contribution in [0.3, 0.4) is 0 Å². The number of pyridine rings is 1. The number of carbonyl (C=O) groups is 2. The number of nitrogens with one attached hydrogen (secondary N) is 2. The first-order chi connectivity index (χ1) is 18.5. The summed E-state index contributed by atoms with van der Waals surface area (Å²) in [5.74, 6) is 0.217. The Bertz CT molecular complexity index is 1690. The second-order valence-corrected chi connectivity index (χ2v) is 9.93. The number of hydrogen-bond donors (Lipinski definition) is 2. The summed E-state index contributed by atoms with van der Waals surface area (Å²) in [6, 6.07) is 25.3. The number of nitriles is 1. The summed E-state index contributed by atoms with van der Waals surface area (Å²) in [5, 5.41) is 16.5. The van der Waals surface area contributed by atoms with Gasteiger partial charge in [0, 0.05) is 42.5 Å². The molecule has 188 valence electrons. The Balaban J connectivity index is 1.19. The minimum Gasteiger partial charge on any atom is -0.338 e. The van der Waals surface area contributed by atoms with Crippen LogP contribution in [-0.2, 0) is 6.54 Å². The third kappa shape index (κ3) is 4.39. The number of urea groups is 1. The molecule has 4 aromatic rings. The van der Waals surface area contributed by atoms with Crippen LogP contribution >= 0.6 is 0 Å². The number of amides is 3. The zero-order chi connectivity index (χ0) is 26.2. The number of rotatable bonds is 3. The summed E-state index contributed by atoms with van der Waals surface area (Å²) in [6.07, 6.45) is 0.920. The molecule has 8 nitrogen and oxygen atoms in total. The normalized spacial score (nSPS) is 17.8. The first-order valence-corrected chi connectivity index (χ1v) is 12.6. The highest BCUT2D eigenvalue weighted by molar-refractivity contribution is 6.00. The third-order valence-electron chi connectivity index (χ3n) is 7.39. The molecule has 0 aliphatic carbocycles. The standard InChI is InChI=1S/C30H25N5O3/c31-15-19-4-3-7-25(13-19)32-30(38)33-26-10-11-27-24-12-20(17-35(27)29(26)37)16-34(18-24)28(36)23-9-8-21-5-1-2-6-22(21)14-23/h1-11,13-14,20,24H,12,16-18H2,(H2,32,33,38)/t20-,24+/m0/s1. The quantitative estimate of drug-likeness (QED) is 0.420. The summed E-state index contributed by atoms with van der Waals surface area (Å²) < 4.78 is 1.74. The van der Waals surface area contributed by atoms with Crippen molar-refractivity contribution < 1.29 is 9.59 Å². The average Bonchev–Trinajstić information content (AvgIpc) is 2.94. The predicted octanol–water partition coefficient (Wildman–Crippen LogP) is 4.78. The average molecular weight is 504 g/mol.